The van der Waals surface area contributed by atoms with Crippen molar-refractivity contribution in [1.82, 2.24) is 5.12 Å². The lowest BCUT2D eigenvalue weighted by Crippen LogP contribution is -2.40. The molecule has 0 saturated carbocycles. The van der Waals surface area contributed by atoms with E-state index < -0.39 is 0 Å². The molecule has 7 heteroatoms. The molecule has 0 atom stereocenters. The van der Waals surface area contributed by atoms with Crippen LogP contribution in [-0.2, 0) is 22.5 Å². The number of nitrogens with zero attached hydrogens (tertiary/aromatic N) is 2. The van der Waals surface area contributed by atoms with Gasteiger partial charge in [-0.2, -0.15) is 5.12 Å². The van der Waals surface area contributed by atoms with E-state index in [1.165, 1.54) is 23.9 Å². The van der Waals surface area contributed by atoms with Gasteiger partial charge in [0.15, 0.2) is 0 Å². The molecule has 0 saturated heterocycles. The molecule has 114 valence electrons. The van der Waals surface area contributed by atoms with E-state index in [0.717, 1.165) is 5.56 Å². The molecule has 1 aliphatic heterocycles. The van der Waals surface area contributed by atoms with E-state index in [2.05, 4.69) is 23.8 Å². The molecule has 0 radical (unpaired) electrons. The second kappa shape index (κ2) is 7.69. The second-order valence-corrected chi connectivity index (χ2v) is 4.62. The third-order valence-corrected chi connectivity index (χ3v) is 3.33. The highest BCUT2D eigenvalue weighted by Gasteiger charge is 2.23. The molecule has 1 aromatic rings. The van der Waals surface area contributed by atoms with Gasteiger partial charge in [0.05, 0.1) is 19.3 Å². The van der Waals surface area contributed by atoms with Crippen LogP contribution >= 0.6 is 24.8 Å². The van der Waals surface area contributed by atoms with Crippen LogP contribution < -0.4 is 10.9 Å². The van der Waals surface area contributed by atoms with Crippen molar-refractivity contribution in [2.45, 2.75) is 26.3 Å². The number of methoxy groups -OCH3 is 1. The summed E-state index contributed by atoms with van der Waals surface area (Å²) in [6, 6.07) is 4.23. The zero-order chi connectivity index (χ0) is 13.3. The van der Waals surface area contributed by atoms with Crippen LogP contribution in [0.2, 0.25) is 0 Å². The maximum absolute atomic E-state index is 11.1. The Morgan fingerprint density at radius 3 is 2.65 bits per heavy atom. The molecule has 0 bridgehead atoms. The number of nitrogens with two attached hydrogens (primary N) is 1. The minimum absolute atomic E-state index is 0. The normalized spacial score (nSPS) is 13.3. The molecule has 0 unspecified atom stereocenters. The highest BCUT2D eigenvalue weighted by molar-refractivity contribution is 5.85. The Hall–Kier alpha value is -1.01. The molecule has 2 rings (SSSR count). The minimum Gasteiger partial charge on any atom is -0.469 e. The van der Waals surface area contributed by atoms with Gasteiger partial charge in [0.25, 0.3) is 0 Å². The van der Waals surface area contributed by atoms with Gasteiger partial charge in [-0.15, -0.1) is 24.8 Å². The predicted octanol–water partition coefficient (Wildman–Crippen LogP) is 1.98. The smallest absolute Gasteiger partial charge is 0.305 e. The largest absolute Gasteiger partial charge is 0.469 e. The Labute approximate surface area is 131 Å². The van der Waals surface area contributed by atoms with Crippen molar-refractivity contribution < 1.29 is 9.53 Å². The van der Waals surface area contributed by atoms with E-state index in [1.807, 2.05) is 12.1 Å². The Bertz CT molecular complexity index is 483. The van der Waals surface area contributed by atoms with Crippen molar-refractivity contribution in [2.24, 2.45) is 5.84 Å². The highest BCUT2D eigenvalue weighted by atomic mass is 35.5. The summed E-state index contributed by atoms with van der Waals surface area (Å²) in [5.41, 5.74) is 4.71. The van der Waals surface area contributed by atoms with Gasteiger partial charge in [0.1, 0.15) is 0 Å². The summed E-state index contributed by atoms with van der Waals surface area (Å²) < 4.78 is 4.65. The molecule has 2 N–H and O–H groups in total. The first-order valence-corrected chi connectivity index (χ1v) is 5.98. The molecular weight excluding hydrogens is 301 g/mol. The number of hydrogen-bond acceptors (Lipinski definition) is 5. The van der Waals surface area contributed by atoms with E-state index in [4.69, 9.17) is 5.84 Å². The summed E-state index contributed by atoms with van der Waals surface area (Å²) >= 11 is 0. The van der Waals surface area contributed by atoms with Crippen LogP contribution in [0.15, 0.2) is 12.1 Å². The van der Waals surface area contributed by atoms with Crippen LogP contribution in [0.4, 0.5) is 5.69 Å². The van der Waals surface area contributed by atoms with Crippen molar-refractivity contribution >= 4 is 36.5 Å². The Kier molecular flexibility index (Phi) is 7.30. The van der Waals surface area contributed by atoms with Gasteiger partial charge in [0.2, 0.25) is 0 Å². The van der Waals surface area contributed by atoms with E-state index in [1.54, 1.807) is 5.12 Å². The Morgan fingerprint density at radius 2 is 2.05 bits per heavy atom. The molecule has 5 nitrogen and oxygen atoms in total. The van der Waals surface area contributed by atoms with Crippen molar-refractivity contribution in [3.05, 3.63) is 28.8 Å². The van der Waals surface area contributed by atoms with Gasteiger partial charge < -0.3 is 4.74 Å². The number of hydrogen-bond donors (Lipinski definition) is 1. The maximum Gasteiger partial charge on any atom is 0.305 e. The highest BCUT2D eigenvalue weighted by Crippen LogP contribution is 2.32. The average molecular weight is 322 g/mol. The molecular formula is C13H21Cl2N3O2. The van der Waals surface area contributed by atoms with Gasteiger partial charge in [0, 0.05) is 13.5 Å². The summed E-state index contributed by atoms with van der Waals surface area (Å²) in [6.07, 6.45) is 1.12. The van der Waals surface area contributed by atoms with Gasteiger partial charge in [-0.25, -0.2) is 0 Å². The predicted molar refractivity (Wildman–Crippen MR) is 84.1 cm³/mol. The van der Waals surface area contributed by atoms with Crippen molar-refractivity contribution in [2.75, 3.05) is 19.2 Å². The van der Waals surface area contributed by atoms with Crippen LogP contribution in [0, 0.1) is 6.92 Å². The molecule has 1 aliphatic rings. The third-order valence-electron chi connectivity index (χ3n) is 3.33. The van der Waals surface area contributed by atoms with Crippen LogP contribution in [0.1, 0.15) is 23.1 Å². The second-order valence-electron chi connectivity index (χ2n) is 4.62. The summed E-state index contributed by atoms with van der Waals surface area (Å²) in [5.74, 6) is 5.70. The van der Waals surface area contributed by atoms with Gasteiger partial charge in [-0.3, -0.25) is 15.6 Å². The average Bonchev–Trinajstić information content (AvgIpc) is 2.62. The number of ether oxygens (including phenoxy) is 1. The molecule has 1 aromatic carbocycles. The fourth-order valence-corrected chi connectivity index (χ4v) is 2.42. The fraction of sp³-hybridized carbons (Fsp3) is 0.462. The van der Waals surface area contributed by atoms with Crippen molar-refractivity contribution in [1.29, 1.82) is 0 Å². The minimum atomic E-state index is -0.175. The van der Waals surface area contributed by atoms with Gasteiger partial charge in [-0.1, -0.05) is 12.1 Å². The first-order chi connectivity index (χ1) is 8.52. The van der Waals surface area contributed by atoms with Crippen LogP contribution in [-0.4, -0.2) is 25.2 Å². The lowest BCUT2D eigenvalue weighted by molar-refractivity contribution is -0.140. The van der Waals surface area contributed by atoms with Crippen LogP contribution in [0.25, 0.3) is 0 Å². The zero-order valence-electron chi connectivity index (χ0n) is 11.9. The van der Waals surface area contributed by atoms with E-state index >= 15 is 0 Å². The molecule has 1 heterocycles. The van der Waals surface area contributed by atoms with E-state index in [-0.39, 0.29) is 30.8 Å². The molecule has 0 fully saturated rings. The number of esters is 1. The monoisotopic (exact) mass is 321 g/mol. The summed E-state index contributed by atoms with van der Waals surface area (Å²) in [6.45, 7) is 2.77. The number of anilines is 1. The lowest BCUT2D eigenvalue weighted by atomic mass is 10.0. The molecule has 0 aromatic heterocycles. The number of carbonyl (C=O) groups excluding carboxylic acids is 1. The molecule has 0 aliphatic carbocycles. The summed E-state index contributed by atoms with van der Waals surface area (Å²) in [7, 11) is 3.37. The van der Waals surface area contributed by atoms with Crippen LogP contribution in [0.3, 0.4) is 0 Å². The number of benzene rings is 1. The molecule has 0 spiro atoms. The molecule has 0 amide bonds. The van der Waals surface area contributed by atoms with Crippen molar-refractivity contribution in [3.8, 4) is 0 Å². The first-order valence-electron chi connectivity index (χ1n) is 5.98. The summed E-state index contributed by atoms with van der Waals surface area (Å²) in [5, 5.41) is 3.64. The number of rotatable bonds is 3. The number of hydrazine groups is 2. The van der Waals surface area contributed by atoms with Crippen LogP contribution in [0.5, 0.6) is 0 Å². The van der Waals surface area contributed by atoms with Gasteiger partial charge >= 0.3 is 5.97 Å². The summed E-state index contributed by atoms with van der Waals surface area (Å²) in [4.78, 5) is 11.1. The third kappa shape index (κ3) is 3.76. The topological polar surface area (TPSA) is 58.8 Å². The number of carbonyl (C=O) groups is 1. The number of aryl methyl sites for hydroxylation is 2. The molecule has 20 heavy (non-hydrogen) atoms. The zero-order valence-corrected chi connectivity index (χ0v) is 13.5. The maximum atomic E-state index is 11.1. The number of fused-ring (bicyclic) bond motifs is 1. The quantitative estimate of drug-likeness (QED) is 0.681. The standard InChI is InChI=1S/C13H19N3O2.2ClH/c1-9-6-10(4-5-12(17)18-3)7-11-8-16(14)15(2)13(9)11;;/h6-7H,4-5,8,14H2,1-3H3;2*1H. The van der Waals surface area contributed by atoms with Gasteiger partial charge in [-0.05, 0) is 30.0 Å². The first kappa shape index (κ1) is 19.0. The fourth-order valence-electron chi connectivity index (χ4n) is 2.42. The van der Waals surface area contributed by atoms with E-state index in [9.17, 15) is 4.79 Å². The van der Waals surface area contributed by atoms with E-state index in [0.29, 0.717) is 19.4 Å². The SMILES string of the molecule is COC(=O)CCc1cc(C)c2c(c1)CN(N)N2C.Cl.Cl. The Morgan fingerprint density at radius 1 is 1.40 bits per heavy atom. The number of halogens is 2. The van der Waals surface area contributed by atoms with Crippen molar-refractivity contribution in [3.63, 3.8) is 0 Å². The Balaban J connectivity index is 0.00000180. The lowest BCUT2D eigenvalue weighted by Gasteiger charge is -2.22.